The SMILES string of the molecule is Cc1cc2nc(-c3ccc4c(c3)c(C3CCN(C5CC(=O)C5)CC3)nn4C)sc2c(-c2ccc(Cl)cc2)c1[C@H](OC(C)(C)C)C(=O)O. The van der Waals surface area contributed by atoms with E-state index in [4.69, 9.17) is 26.4 Å². The second kappa shape index (κ2) is 12.1. The number of carboxylic acids is 1. The maximum Gasteiger partial charge on any atom is 0.337 e. The van der Waals surface area contributed by atoms with E-state index in [-0.39, 0.29) is 0 Å². The summed E-state index contributed by atoms with van der Waals surface area (Å²) in [7, 11) is 2.00. The molecule has 2 aromatic heterocycles. The van der Waals surface area contributed by atoms with Crippen LogP contribution in [0.25, 0.3) is 42.8 Å². The lowest BCUT2D eigenvalue weighted by molar-refractivity contribution is -0.160. The number of ketones is 1. The van der Waals surface area contributed by atoms with Gasteiger partial charge in [0.05, 0.1) is 27.0 Å². The monoisotopic (exact) mass is 670 g/mol. The first kappa shape index (κ1) is 31.9. The minimum absolute atomic E-state index is 0.355. The molecule has 7 rings (SSSR count). The van der Waals surface area contributed by atoms with Crippen molar-refractivity contribution in [3.8, 4) is 21.7 Å². The fraction of sp³-hybridized carbons (Fsp3) is 0.405. The van der Waals surface area contributed by atoms with E-state index in [0.29, 0.717) is 41.2 Å². The van der Waals surface area contributed by atoms with Crippen LogP contribution in [0.2, 0.25) is 5.02 Å². The average molecular weight is 671 g/mol. The number of nitrogens with zero attached hydrogens (tertiary/aromatic N) is 4. The molecule has 1 saturated carbocycles. The number of piperidine rings is 1. The number of halogens is 1. The highest BCUT2D eigenvalue weighted by molar-refractivity contribution is 7.22. The van der Waals surface area contributed by atoms with Gasteiger partial charge in [-0.15, -0.1) is 11.3 Å². The molecule has 1 aliphatic carbocycles. The first-order chi connectivity index (χ1) is 22.4. The zero-order valence-electron chi connectivity index (χ0n) is 27.3. The molecule has 1 aliphatic heterocycles. The van der Waals surface area contributed by atoms with Gasteiger partial charge in [0.25, 0.3) is 0 Å². The van der Waals surface area contributed by atoms with Crippen LogP contribution in [0.15, 0.2) is 48.5 Å². The van der Waals surface area contributed by atoms with Gasteiger partial charge >= 0.3 is 5.97 Å². The number of hydrogen-bond acceptors (Lipinski definition) is 7. The molecule has 0 radical (unpaired) electrons. The van der Waals surface area contributed by atoms with Gasteiger partial charge in [0, 0.05) is 58.9 Å². The molecule has 3 aromatic carbocycles. The van der Waals surface area contributed by atoms with Gasteiger partial charge in [-0.1, -0.05) is 23.7 Å². The molecule has 0 unspecified atom stereocenters. The molecular formula is C37H39ClN4O4S. The van der Waals surface area contributed by atoms with E-state index in [1.54, 1.807) is 11.3 Å². The Bertz CT molecular complexity index is 2010. The highest BCUT2D eigenvalue weighted by atomic mass is 35.5. The number of aromatic nitrogens is 3. The van der Waals surface area contributed by atoms with E-state index >= 15 is 0 Å². The van der Waals surface area contributed by atoms with Crippen LogP contribution in [0.1, 0.15) is 75.3 Å². The van der Waals surface area contributed by atoms with E-state index in [2.05, 4.69) is 23.1 Å². The molecule has 0 bridgehead atoms. The van der Waals surface area contributed by atoms with Gasteiger partial charge < -0.3 is 9.84 Å². The summed E-state index contributed by atoms with van der Waals surface area (Å²) < 4.78 is 9.05. The Kier molecular flexibility index (Phi) is 8.23. The van der Waals surface area contributed by atoms with Crippen LogP contribution in [0.5, 0.6) is 0 Å². The predicted octanol–water partition coefficient (Wildman–Crippen LogP) is 8.33. The first-order valence-corrected chi connectivity index (χ1v) is 17.4. The average Bonchev–Trinajstić information content (AvgIpc) is 3.58. The fourth-order valence-corrected chi connectivity index (χ4v) is 8.40. The third-order valence-corrected chi connectivity index (χ3v) is 10.9. The third kappa shape index (κ3) is 6.10. The highest BCUT2D eigenvalue weighted by Gasteiger charge is 2.35. The summed E-state index contributed by atoms with van der Waals surface area (Å²) in [4.78, 5) is 31.9. The molecule has 8 nitrogen and oxygen atoms in total. The summed E-state index contributed by atoms with van der Waals surface area (Å²) in [6.45, 7) is 9.51. The Morgan fingerprint density at radius 2 is 1.74 bits per heavy atom. The normalized spacial score (nSPS) is 17.4. The minimum atomic E-state index is -1.17. The Balaban J connectivity index is 1.31. The number of rotatable bonds is 7. The molecule has 0 spiro atoms. The largest absolute Gasteiger partial charge is 0.479 e. The zero-order chi connectivity index (χ0) is 33.2. The van der Waals surface area contributed by atoms with Crippen molar-refractivity contribution in [2.24, 2.45) is 7.05 Å². The number of thiazole rings is 1. The van der Waals surface area contributed by atoms with E-state index < -0.39 is 17.7 Å². The van der Waals surface area contributed by atoms with Crippen LogP contribution in [-0.4, -0.2) is 61.3 Å². The van der Waals surface area contributed by atoms with Crippen LogP contribution in [-0.2, 0) is 21.4 Å². The number of likely N-dealkylation sites (tertiary alicyclic amines) is 1. The zero-order valence-corrected chi connectivity index (χ0v) is 28.9. The van der Waals surface area contributed by atoms with E-state index in [9.17, 15) is 14.7 Å². The number of fused-ring (bicyclic) bond motifs is 2. The summed E-state index contributed by atoms with van der Waals surface area (Å²) in [5.74, 6) is -0.306. The predicted molar refractivity (Wildman–Crippen MR) is 187 cm³/mol. The van der Waals surface area contributed by atoms with E-state index in [1.807, 2.05) is 69.8 Å². The number of aryl methyl sites for hydroxylation is 2. The van der Waals surface area contributed by atoms with Crippen LogP contribution in [0.3, 0.4) is 0 Å². The number of carbonyl (C=O) groups excluding carboxylic acids is 1. The van der Waals surface area contributed by atoms with Crippen LogP contribution >= 0.6 is 22.9 Å². The number of carboxylic acid groups (broad SMARTS) is 1. The van der Waals surface area contributed by atoms with Crippen molar-refractivity contribution >= 4 is 55.8 Å². The maximum atomic E-state index is 12.7. The van der Waals surface area contributed by atoms with Gasteiger partial charge in [-0.05, 0) is 101 Å². The topological polar surface area (TPSA) is 97.5 Å². The van der Waals surface area contributed by atoms with Crippen molar-refractivity contribution in [2.45, 2.75) is 77.0 Å². The third-order valence-electron chi connectivity index (χ3n) is 9.50. The Morgan fingerprint density at radius 1 is 1.06 bits per heavy atom. The van der Waals surface area contributed by atoms with Gasteiger partial charge in [0.2, 0.25) is 0 Å². The number of aliphatic carboxylic acids is 1. The van der Waals surface area contributed by atoms with Crippen molar-refractivity contribution in [2.75, 3.05) is 13.1 Å². The number of benzene rings is 3. The second-order valence-corrected chi connectivity index (χ2v) is 15.4. The van der Waals surface area contributed by atoms with Gasteiger partial charge in [0.15, 0.2) is 6.10 Å². The lowest BCUT2D eigenvalue weighted by Crippen LogP contribution is -2.48. The smallest absolute Gasteiger partial charge is 0.337 e. The molecule has 0 amide bonds. The molecule has 3 heterocycles. The van der Waals surface area contributed by atoms with E-state index in [0.717, 1.165) is 80.0 Å². The molecule has 2 fully saturated rings. The summed E-state index contributed by atoms with van der Waals surface area (Å²) in [5, 5.41) is 18.0. The number of Topliss-reactive ketones (excluding diaryl/α,β-unsaturated/α-hetero) is 1. The summed E-state index contributed by atoms with van der Waals surface area (Å²) in [6.07, 6.45) is 2.28. The highest BCUT2D eigenvalue weighted by Crippen LogP contribution is 2.45. The van der Waals surface area contributed by atoms with Crippen LogP contribution in [0.4, 0.5) is 0 Å². The Hall–Kier alpha value is -3.63. The van der Waals surface area contributed by atoms with Crippen molar-refractivity contribution in [3.63, 3.8) is 0 Å². The molecule has 2 aliphatic rings. The lowest BCUT2D eigenvalue weighted by Gasteiger charge is -2.40. The molecule has 10 heteroatoms. The summed E-state index contributed by atoms with van der Waals surface area (Å²) >= 11 is 7.84. The quantitative estimate of drug-likeness (QED) is 0.186. The van der Waals surface area contributed by atoms with Gasteiger partial charge in [0.1, 0.15) is 10.8 Å². The fourth-order valence-electron chi connectivity index (χ4n) is 7.15. The summed E-state index contributed by atoms with van der Waals surface area (Å²) in [6, 6.07) is 16.3. The number of hydrogen-bond donors (Lipinski definition) is 1. The van der Waals surface area contributed by atoms with Crippen molar-refractivity contribution in [1.29, 1.82) is 0 Å². The van der Waals surface area contributed by atoms with Crippen LogP contribution in [0, 0.1) is 6.92 Å². The molecule has 1 N–H and O–H groups in total. The minimum Gasteiger partial charge on any atom is -0.479 e. The van der Waals surface area contributed by atoms with Crippen LogP contribution < -0.4 is 0 Å². The molecule has 47 heavy (non-hydrogen) atoms. The van der Waals surface area contributed by atoms with Crippen molar-refractivity contribution in [3.05, 3.63) is 70.4 Å². The van der Waals surface area contributed by atoms with E-state index in [1.165, 1.54) is 0 Å². The Morgan fingerprint density at radius 3 is 2.38 bits per heavy atom. The van der Waals surface area contributed by atoms with Gasteiger partial charge in [-0.3, -0.25) is 14.4 Å². The van der Waals surface area contributed by atoms with Crippen molar-refractivity contribution in [1.82, 2.24) is 19.7 Å². The molecule has 1 atom stereocenters. The first-order valence-electron chi connectivity index (χ1n) is 16.2. The van der Waals surface area contributed by atoms with Gasteiger partial charge in [-0.2, -0.15) is 5.10 Å². The maximum absolute atomic E-state index is 12.7. The molecular weight excluding hydrogens is 632 g/mol. The second-order valence-electron chi connectivity index (χ2n) is 14.0. The number of carbonyl (C=O) groups is 2. The van der Waals surface area contributed by atoms with Crippen molar-refractivity contribution < 1.29 is 19.4 Å². The van der Waals surface area contributed by atoms with Gasteiger partial charge in [-0.25, -0.2) is 9.78 Å². The molecule has 244 valence electrons. The number of ether oxygens (including phenoxy) is 1. The lowest BCUT2D eigenvalue weighted by atomic mass is 9.85. The molecule has 1 saturated heterocycles. The Labute approximate surface area is 283 Å². The summed E-state index contributed by atoms with van der Waals surface area (Å²) in [5.41, 5.74) is 6.44. The molecule has 5 aromatic rings. The standard InChI is InChI=1S/C37H39ClN4O4S/c1-20-16-28-34(31(21-6-9-24(38)10-7-21)30(20)33(36(44)45)46-37(2,3)4)47-35(39-28)23-8-11-29-27(17-23)32(40-41(29)5)22-12-14-42(15-13-22)25-18-26(43)19-25/h6-11,16-17,22,25,33H,12-15,18-19H2,1-5H3,(H,44,45)/t33-/m0/s1.